The molecule has 0 saturated heterocycles. The van der Waals surface area contributed by atoms with Crippen molar-refractivity contribution >= 4 is 9.84 Å². The van der Waals surface area contributed by atoms with Gasteiger partial charge in [-0.25, -0.2) is 13.4 Å². The first-order chi connectivity index (χ1) is 14.0. The Hall–Kier alpha value is -2.40. The lowest BCUT2D eigenvalue weighted by Crippen LogP contribution is -2.24. The monoisotopic (exact) mass is 409 g/mol. The maximum atomic E-state index is 13.8. The number of rotatable bonds is 5. The first-order valence-corrected chi connectivity index (χ1v) is 11.8. The highest BCUT2D eigenvalue weighted by Crippen LogP contribution is 2.45. The molecule has 1 aliphatic rings. The highest BCUT2D eigenvalue weighted by Gasteiger charge is 2.41. The zero-order valence-corrected chi connectivity index (χ0v) is 17.8. The Morgan fingerprint density at radius 2 is 1.59 bits per heavy atom. The van der Waals surface area contributed by atoms with E-state index in [4.69, 9.17) is 4.42 Å². The molecule has 1 fully saturated rings. The van der Waals surface area contributed by atoms with Gasteiger partial charge in [-0.05, 0) is 37.8 Å². The summed E-state index contributed by atoms with van der Waals surface area (Å²) < 4.78 is 33.7. The molecule has 0 N–H and O–H groups in total. The van der Waals surface area contributed by atoms with Crippen LogP contribution in [0.5, 0.6) is 0 Å². The summed E-state index contributed by atoms with van der Waals surface area (Å²) >= 11 is 0. The molecule has 2 aromatic carbocycles. The third-order valence-corrected chi connectivity index (χ3v) is 8.02. The van der Waals surface area contributed by atoms with E-state index in [9.17, 15) is 8.42 Å². The quantitative estimate of drug-likeness (QED) is 0.514. The van der Waals surface area contributed by atoms with Gasteiger partial charge in [0.2, 0.25) is 0 Å². The third kappa shape index (κ3) is 4.01. The van der Waals surface area contributed by atoms with Gasteiger partial charge in [-0.3, -0.25) is 0 Å². The molecule has 4 rings (SSSR count). The largest absolute Gasteiger partial charge is 0.444 e. The zero-order valence-electron chi connectivity index (χ0n) is 17.0. The van der Waals surface area contributed by atoms with Gasteiger partial charge < -0.3 is 4.42 Å². The molecule has 0 bridgehead atoms. The van der Waals surface area contributed by atoms with E-state index in [1.807, 2.05) is 49.4 Å². The highest BCUT2D eigenvalue weighted by molar-refractivity contribution is 7.91. The summed E-state index contributed by atoms with van der Waals surface area (Å²) in [5.41, 5.74) is 2.58. The fourth-order valence-corrected chi connectivity index (χ4v) is 6.39. The van der Waals surface area contributed by atoms with E-state index in [0.717, 1.165) is 43.2 Å². The molecule has 1 aliphatic carbocycles. The number of aryl methyl sites for hydroxylation is 2. The van der Waals surface area contributed by atoms with Crippen molar-refractivity contribution in [2.45, 2.75) is 56.1 Å². The maximum absolute atomic E-state index is 13.8. The fraction of sp³-hybridized carbons (Fsp3) is 0.375. The molecule has 5 heteroatoms. The van der Waals surface area contributed by atoms with Crippen LogP contribution in [0.15, 0.2) is 63.9 Å². The van der Waals surface area contributed by atoms with Crippen LogP contribution >= 0.6 is 0 Å². The van der Waals surface area contributed by atoms with Gasteiger partial charge in [-0.2, -0.15) is 0 Å². The number of aromatic nitrogens is 1. The second kappa shape index (κ2) is 8.15. The first-order valence-electron chi connectivity index (χ1n) is 10.3. The lowest BCUT2D eigenvalue weighted by molar-refractivity contribution is 0.316. The van der Waals surface area contributed by atoms with E-state index < -0.39 is 15.1 Å². The van der Waals surface area contributed by atoms with Gasteiger partial charge in [0.15, 0.2) is 21.5 Å². The first kappa shape index (κ1) is 19.9. The van der Waals surface area contributed by atoms with Crippen LogP contribution in [0.3, 0.4) is 0 Å². The number of benzene rings is 2. The van der Waals surface area contributed by atoms with Crippen molar-refractivity contribution in [3.63, 3.8) is 0 Å². The van der Waals surface area contributed by atoms with E-state index in [0.29, 0.717) is 22.2 Å². The summed E-state index contributed by atoms with van der Waals surface area (Å²) in [6.45, 7) is 3.74. The average molecular weight is 410 g/mol. The van der Waals surface area contributed by atoms with Crippen molar-refractivity contribution in [2.75, 3.05) is 0 Å². The second-order valence-corrected chi connectivity index (χ2v) is 10.1. The van der Waals surface area contributed by atoms with Gasteiger partial charge in [0.25, 0.3) is 0 Å². The van der Waals surface area contributed by atoms with Crippen molar-refractivity contribution in [2.24, 2.45) is 5.92 Å². The van der Waals surface area contributed by atoms with Crippen molar-refractivity contribution < 1.29 is 12.8 Å². The molecular weight excluding hydrogens is 382 g/mol. The minimum atomic E-state index is -3.62. The van der Waals surface area contributed by atoms with Crippen molar-refractivity contribution in [1.82, 2.24) is 4.98 Å². The van der Waals surface area contributed by atoms with Gasteiger partial charge >= 0.3 is 0 Å². The van der Waals surface area contributed by atoms with Crippen LogP contribution in [0.2, 0.25) is 0 Å². The van der Waals surface area contributed by atoms with Crippen LogP contribution < -0.4 is 0 Å². The van der Waals surface area contributed by atoms with Crippen LogP contribution in [-0.2, 0) is 9.84 Å². The molecule has 0 radical (unpaired) electrons. The average Bonchev–Trinajstić information content (AvgIpc) is 3.11. The lowest BCUT2D eigenvalue weighted by atomic mass is 9.85. The number of hydrogen-bond acceptors (Lipinski definition) is 4. The molecule has 4 nitrogen and oxygen atoms in total. The Labute approximate surface area is 172 Å². The second-order valence-electron chi connectivity index (χ2n) is 7.99. The molecule has 1 saturated carbocycles. The summed E-state index contributed by atoms with van der Waals surface area (Å²) in [7, 11) is -3.62. The normalized spacial score (nSPS) is 16.6. The van der Waals surface area contributed by atoms with E-state index in [1.54, 1.807) is 19.1 Å². The lowest BCUT2D eigenvalue weighted by Gasteiger charge is -2.29. The Morgan fingerprint density at radius 1 is 0.931 bits per heavy atom. The van der Waals surface area contributed by atoms with Crippen LogP contribution in [0.25, 0.3) is 11.3 Å². The molecule has 0 aliphatic heterocycles. The smallest absolute Gasteiger partial charge is 0.191 e. The van der Waals surface area contributed by atoms with Crippen LogP contribution in [0, 0.1) is 19.8 Å². The van der Waals surface area contributed by atoms with Gasteiger partial charge in [0, 0.05) is 12.5 Å². The molecule has 152 valence electrons. The maximum Gasteiger partial charge on any atom is 0.191 e. The van der Waals surface area contributed by atoms with E-state index in [1.165, 1.54) is 0 Å². The highest BCUT2D eigenvalue weighted by atomic mass is 32.2. The van der Waals surface area contributed by atoms with Crippen LogP contribution in [0.1, 0.15) is 54.6 Å². The summed E-state index contributed by atoms with van der Waals surface area (Å²) in [4.78, 5) is 4.94. The predicted molar refractivity (Wildman–Crippen MR) is 114 cm³/mol. The van der Waals surface area contributed by atoms with Gasteiger partial charge in [-0.1, -0.05) is 67.3 Å². The Kier molecular flexibility index (Phi) is 5.59. The molecule has 1 heterocycles. The van der Waals surface area contributed by atoms with Crippen LogP contribution in [0.4, 0.5) is 0 Å². The molecule has 1 unspecified atom stereocenters. The molecule has 1 aromatic heterocycles. The Morgan fingerprint density at radius 3 is 2.24 bits per heavy atom. The number of oxazole rings is 1. The fourth-order valence-electron chi connectivity index (χ4n) is 4.36. The summed E-state index contributed by atoms with van der Waals surface area (Å²) in [5.74, 6) is 1.02. The van der Waals surface area contributed by atoms with Crippen molar-refractivity contribution in [3.8, 4) is 11.3 Å². The minimum absolute atomic E-state index is 0.0323. The molecule has 0 amide bonds. The minimum Gasteiger partial charge on any atom is -0.444 e. The SMILES string of the molecule is Cc1ccc(S(=O)(=O)C(c2oc(C)nc2-c2ccccc2)C2CCCCC2)cc1. The summed E-state index contributed by atoms with van der Waals surface area (Å²) in [5, 5.41) is -0.720. The van der Waals surface area contributed by atoms with Gasteiger partial charge in [-0.15, -0.1) is 0 Å². The number of nitrogens with zero attached hydrogens (tertiary/aromatic N) is 1. The Balaban J connectivity index is 1.87. The topological polar surface area (TPSA) is 60.2 Å². The molecule has 1 atom stereocenters. The standard InChI is InChI=1S/C24H27NO3S/c1-17-13-15-21(16-14-17)29(26,27)24(20-11-7-4-8-12-20)23-22(25-18(2)28-23)19-9-5-3-6-10-19/h3,5-6,9-10,13-16,20,24H,4,7-8,11-12H2,1-2H3. The van der Waals surface area contributed by atoms with Crippen molar-refractivity contribution in [3.05, 3.63) is 71.8 Å². The molecule has 3 aromatic rings. The summed E-state index contributed by atoms with van der Waals surface area (Å²) in [6, 6.07) is 16.9. The van der Waals surface area contributed by atoms with Crippen molar-refractivity contribution in [1.29, 1.82) is 0 Å². The van der Waals surface area contributed by atoms with Gasteiger partial charge in [0.1, 0.15) is 10.9 Å². The molecule has 29 heavy (non-hydrogen) atoms. The predicted octanol–water partition coefficient (Wildman–Crippen LogP) is 6.05. The molecular formula is C24H27NO3S. The summed E-state index contributed by atoms with van der Waals surface area (Å²) in [6.07, 6.45) is 5.05. The van der Waals surface area contributed by atoms with E-state index in [-0.39, 0.29) is 5.92 Å². The Bertz CT molecular complexity index is 1060. The third-order valence-electron chi connectivity index (χ3n) is 5.83. The zero-order chi connectivity index (χ0) is 20.4. The van der Waals surface area contributed by atoms with E-state index >= 15 is 0 Å². The number of sulfone groups is 1. The van der Waals surface area contributed by atoms with E-state index in [2.05, 4.69) is 4.98 Å². The number of hydrogen-bond donors (Lipinski definition) is 0. The molecule has 0 spiro atoms. The van der Waals surface area contributed by atoms with Crippen LogP contribution in [-0.4, -0.2) is 13.4 Å². The van der Waals surface area contributed by atoms with Gasteiger partial charge in [0.05, 0.1) is 4.90 Å².